The molecule has 0 spiro atoms. The monoisotopic (exact) mass is 284 g/mol. The van der Waals surface area contributed by atoms with E-state index in [0.717, 1.165) is 25.7 Å². The summed E-state index contributed by atoms with van der Waals surface area (Å²) in [4.78, 5) is 11.0. The zero-order valence-electron chi connectivity index (χ0n) is 11.3. The molecule has 1 rings (SSSR count). The number of ether oxygens (including phenoxy) is 1. The molecular formula is C15H21FO2S. The maximum Gasteiger partial charge on any atom is 0.216 e. The lowest BCUT2D eigenvalue weighted by atomic mass is 10.1. The average Bonchev–Trinajstić information content (AvgIpc) is 2.42. The minimum atomic E-state index is -0.928. The summed E-state index contributed by atoms with van der Waals surface area (Å²) in [5.74, 6) is 0.578. The largest absolute Gasteiger partial charge is 0.491 e. The lowest BCUT2D eigenvalue weighted by Crippen LogP contribution is -2.12. The third-order valence-electron chi connectivity index (χ3n) is 2.90. The SMILES string of the molecule is CCCCCCC(F)COc1ccc(C(=O)S)cc1. The van der Waals surface area contributed by atoms with Gasteiger partial charge in [-0.15, -0.1) is 12.6 Å². The molecule has 1 aromatic carbocycles. The fraction of sp³-hybridized carbons (Fsp3) is 0.533. The molecular weight excluding hydrogens is 263 g/mol. The molecule has 1 aromatic rings. The van der Waals surface area contributed by atoms with Gasteiger partial charge in [0.25, 0.3) is 0 Å². The molecule has 0 heterocycles. The smallest absolute Gasteiger partial charge is 0.216 e. The van der Waals surface area contributed by atoms with Crippen LogP contribution in [0.25, 0.3) is 0 Å². The van der Waals surface area contributed by atoms with Crippen LogP contribution < -0.4 is 4.74 Å². The van der Waals surface area contributed by atoms with Crippen LogP contribution in [0, 0.1) is 0 Å². The van der Waals surface area contributed by atoms with Crippen LogP contribution in [0.5, 0.6) is 5.75 Å². The van der Waals surface area contributed by atoms with Crippen LogP contribution in [0.15, 0.2) is 24.3 Å². The van der Waals surface area contributed by atoms with Crippen molar-refractivity contribution in [3.05, 3.63) is 29.8 Å². The predicted octanol–water partition coefficient (Wildman–Crippen LogP) is 4.44. The number of hydrogen-bond acceptors (Lipinski definition) is 2. The number of thiol groups is 1. The molecule has 0 aliphatic heterocycles. The molecule has 19 heavy (non-hydrogen) atoms. The first-order chi connectivity index (χ1) is 9.13. The average molecular weight is 284 g/mol. The van der Waals surface area contributed by atoms with E-state index in [2.05, 4.69) is 19.6 Å². The number of hydrogen-bond donors (Lipinski definition) is 1. The van der Waals surface area contributed by atoms with Gasteiger partial charge in [0.05, 0.1) is 0 Å². The molecule has 0 fully saturated rings. The third kappa shape index (κ3) is 6.62. The van der Waals surface area contributed by atoms with Crippen molar-refractivity contribution in [2.75, 3.05) is 6.61 Å². The van der Waals surface area contributed by atoms with Gasteiger partial charge in [0.1, 0.15) is 18.5 Å². The highest BCUT2D eigenvalue weighted by Crippen LogP contribution is 2.15. The summed E-state index contributed by atoms with van der Waals surface area (Å²) in [6.07, 6.45) is 3.92. The van der Waals surface area contributed by atoms with E-state index in [4.69, 9.17) is 4.74 Å². The highest BCUT2D eigenvalue weighted by molar-refractivity contribution is 7.97. The maximum atomic E-state index is 13.5. The minimum absolute atomic E-state index is 0.0697. The molecule has 0 amide bonds. The van der Waals surface area contributed by atoms with Crippen molar-refractivity contribution in [3.63, 3.8) is 0 Å². The van der Waals surface area contributed by atoms with Crippen LogP contribution in [0.2, 0.25) is 0 Å². The molecule has 1 atom stereocenters. The fourth-order valence-corrected chi connectivity index (χ4v) is 1.91. The molecule has 0 saturated heterocycles. The summed E-state index contributed by atoms with van der Waals surface area (Å²) in [7, 11) is 0. The maximum absolute atomic E-state index is 13.5. The van der Waals surface area contributed by atoms with Gasteiger partial charge in [0, 0.05) is 5.56 Å². The van der Waals surface area contributed by atoms with Gasteiger partial charge in [-0.3, -0.25) is 4.79 Å². The molecule has 1 unspecified atom stereocenters. The summed E-state index contributed by atoms with van der Waals surface area (Å²) in [5.41, 5.74) is 0.507. The Kier molecular flexibility index (Phi) is 7.56. The van der Waals surface area contributed by atoms with Gasteiger partial charge in [0.15, 0.2) is 0 Å². The Morgan fingerprint density at radius 1 is 1.26 bits per heavy atom. The molecule has 4 heteroatoms. The van der Waals surface area contributed by atoms with Gasteiger partial charge in [-0.1, -0.05) is 32.6 Å². The van der Waals surface area contributed by atoms with Crippen molar-refractivity contribution < 1.29 is 13.9 Å². The topological polar surface area (TPSA) is 26.3 Å². The van der Waals surface area contributed by atoms with E-state index in [9.17, 15) is 9.18 Å². The Balaban J connectivity index is 2.25. The summed E-state index contributed by atoms with van der Waals surface area (Å²) in [6.45, 7) is 2.20. The number of halogens is 1. The van der Waals surface area contributed by atoms with Gasteiger partial charge < -0.3 is 4.74 Å². The Morgan fingerprint density at radius 3 is 2.53 bits per heavy atom. The normalized spacial score (nSPS) is 12.2. The van der Waals surface area contributed by atoms with E-state index in [0.29, 0.717) is 17.7 Å². The molecule has 0 saturated carbocycles. The van der Waals surface area contributed by atoms with Crippen LogP contribution >= 0.6 is 12.6 Å². The zero-order chi connectivity index (χ0) is 14.1. The van der Waals surface area contributed by atoms with Gasteiger partial charge in [0.2, 0.25) is 5.12 Å². The van der Waals surface area contributed by atoms with Gasteiger partial charge in [-0.2, -0.15) is 0 Å². The molecule has 0 aliphatic rings. The van der Waals surface area contributed by atoms with Gasteiger partial charge >= 0.3 is 0 Å². The Morgan fingerprint density at radius 2 is 1.95 bits per heavy atom. The zero-order valence-corrected chi connectivity index (χ0v) is 12.2. The number of carbonyl (C=O) groups is 1. The van der Waals surface area contributed by atoms with E-state index < -0.39 is 6.17 Å². The van der Waals surface area contributed by atoms with Crippen LogP contribution in [-0.4, -0.2) is 17.9 Å². The number of rotatable bonds is 9. The Labute approximate surface area is 119 Å². The van der Waals surface area contributed by atoms with E-state index in [1.165, 1.54) is 0 Å². The number of benzene rings is 1. The molecule has 0 radical (unpaired) electrons. The van der Waals surface area contributed by atoms with Crippen LogP contribution in [0.1, 0.15) is 49.4 Å². The first-order valence-corrected chi connectivity index (χ1v) is 7.18. The van der Waals surface area contributed by atoms with Crippen molar-refractivity contribution in [2.45, 2.75) is 45.2 Å². The summed E-state index contributed by atoms with van der Waals surface area (Å²) >= 11 is 3.72. The van der Waals surface area contributed by atoms with Crippen molar-refractivity contribution in [3.8, 4) is 5.75 Å². The van der Waals surface area contributed by atoms with E-state index in [1.54, 1.807) is 24.3 Å². The summed E-state index contributed by atoms with van der Waals surface area (Å²) in [5, 5.41) is -0.286. The highest BCUT2D eigenvalue weighted by atomic mass is 32.1. The quantitative estimate of drug-likeness (QED) is 0.536. The fourth-order valence-electron chi connectivity index (χ4n) is 1.76. The van der Waals surface area contributed by atoms with E-state index in [1.807, 2.05) is 0 Å². The molecule has 0 N–H and O–H groups in total. The minimum Gasteiger partial charge on any atom is -0.491 e. The van der Waals surface area contributed by atoms with Crippen molar-refractivity contribution >= 4 is 17.7 Å². The molecule has 0 aromatic heterocycles. The predicted molar refractivity (Wildman–Crippen MR) is 78.9 cm³/mol. The standard InChI is InChI=1S/C15H21FO2S/c1-2-3-4-5-6-13(16)11-18-14-9-7-12(8-10-14)15(17)19/h7-10,13H,2-6,11H2,1H3,(H,17,19). The lowest BCUT2D eigenvalue weighted by molar-refractivity contribution is 0.109. The van der Waals surface area contributed by atoms with E-state index >= 15 is 0 Å². The summed E-state index contributed by atoms with van der Waals surface area (Å²) < 4.78 is 18.9. The molecule has 0 bridgehead atoms. The molecule has 0 aliphatic carbocycles. The van der Waals surface area contributed by atoms with Crippen LogP contribution in [0.3, 0.4) is 0 Å². The Bertz CT molecular complexity index is 378. The first-order valence-electron chi connectivity index (χ1n) is 6.73. The first kappa shape index (κ1) is 16.0. The molecule has 106 valence electrons. The van der Waals surface area contributed by atoms with Crippen molar-refractivity contribution in [1.82, 2.24) is 0 Å². The number of carbonyl (C=O) groups excluding carboxylic acids is 1. The highest BCUT2D eigenvalue weighted by Gasteiger charge is 2.07. The van der Waals surface area contributed by atoms with Gasteiger partial charge in [-0.25, -0.2) is 4.39 Å². The number of alkyl halides is 1. The lowest BCUT2D eigenvalue weighted by Gasteiger charge is -2.10. The second-order valence-corrected chi connectivity index (χ2v) is 4.99. The summed E-state index contributed by atoms with van der Waals surface area (Å²) in [6, 6.07) is 6.57. The van der Waals surface area contributed by atoms with Crippen LogP contribution in [-0.2, 0) is 0 Å². The molecule has 2 nitrogen and oxygen atoms in total. The van der Waals surface area contributed by atoms with Gasteiger partial charge in [-0.05, 0) is 30.7 Å². The van der Waals surface area contributed by atoms with Crippen molar-refractivity contribution in [2.24, 2.45) is 0 Å². The third-order valence-corrected chi connectivity index (χ3v) is 3.16. The van der Waals surface area contributed by atoms with Crippen LogP contribution in [0.4, 0.5) is 4.39 Å². The number of unbranched alkanes of at least 4 members (excludes halogenated alkanes) is 3. The second-order valence-electron chi connectivity index (χ2n) is 4.59. The Hall–Kier alpha value is -1.03. The second kappa shape index (κ2) is 8.97. The van der Waals surface area contributed by atoms with E-state index in [-0.39, 0.29) is 11.7 Å². The van der Waals surface area contributed by atoms with Crippen molar-refractivity contribution in [1.29, 1.82) is 0 Å².